The highest BCUT2D eigenvalue weighted by Crippen LogP contribution is 2.37. The SMILES string of the molecule is CN1[C@@H]2CC[C@H]1CC(NC(=O)c1c(-c3ccccc3)n(C)c3cc(Br)ccc13)C2. The Morgan fingerprint density at radius 1 is 1.03 bits per heavy atom. The second kappa shape index (κ2) is 7.29. The van der Waals surface area contributed by atoms with E-state index < -0.39 is 0 Å². The molecule has 1 N–H and O–H groups in total. The number of aromatic nitrogens is 1. The molecule has 0 radical (unpaired) electrons. The van der Waals surface area contributed by atoms with E-state index >= 15 is 0 Å². The van der Waals surface area contributed by atoms with E-state index in [2.05, 4.69) is 62.0 Å². The molecule has 2 bridgehead atoms. The summed E-state index contributed by atoms with van der Waals surface area (Å²) in [4.78, 5) is 16.1. The number of nitrogens with zero attached hydrogens (tertiary/aromatic N) is 2. The first kappa shape index (κ1) is 18.9. The Hall–Kier alpha value is -2.11. The molecule has 2 saturated heterocycles. The highest BCUT2D eigenvalue weighted by atomic mass is 79.9. The number of benzene rings is 2. The van der Waals surface area contributed by atoms with Gasteiger partial charge in [-0.1, -0.05) is 52.3 Å². The number of piperidine rings is 1. The molecule has 0 saturated carbocycles. The summed E-state index contributed by atoms with van der Waals surface area (Å²) in [6.45, 7) is 0. The molecule has 5 heteroatoms. The van der Waals surface area contributed by atoms with Crippen LogP contribution in [0.4, 0.5) is 0 Å². The fourth-order valence-corrected chi connectivity index (χ4v) is 5.71. The van der Waals surface area contributed by atoms with E-state index in [4.69, 9.17) is 0 Å². The molecule has 1 unspecified atom stereocenters. The molecule has 0 aliphatic carbocycles. The summed E-state index contributed by atoms with van der Waals surface area (Å²) in [7, 11) is 4.28. The maximum Gasteiger partial charge on any atom is 0.254 e. The monoisotopic (exact) mass is 451 g/mol. The van der Waals surface area contributed by atoms with Crippen molar-refractivity contribution in [3.63, 3.8) is 0 Å². The van der Waals surface area contributed by atoms with Crippen molar-refractivity contribution in [3.8, 4) is 11.3 Å². The molecule has 2 fully saturated rings. The molecule has 0 spiro atoms. The van der Waals surface area contributed by atoms with Crippen LogP contribution in [0.5, 0.6) is 0 Å². The molecular weight excluding hydrogens is 426 g/mol. The predicted octanol–water partition coefficient (Wildman–Crippen LogP) is 4.96. The number of hydrogen-bond acceptors (Lipinski definition) is 2. The molecule has 2 aliphatic heterocycles. The largest absolute Gasteiger partial charge is 0.349 e. The highest BCUT2D eigenvalue weighted by Gasteiger charge is 2.39. The molecule has 2 aromatic carbocycles. The average molecular weight is 452 g/mol. The van der Waals surface area contributed by atoms with Gasteiger partial charge < -0.3 is 14.8 Å². The van der Waals surface area contributed by atoms with Crippen molar-refractivity contribution in [1.82, 2.24) is 14.8 Å². The van der Waals surface area contributed by atoms with Crippen molar-refractivity contribution in [3.05, 3.63) is 58.6 Å². The molecule has 1 aromatic heterocycles. The van der Waals surface area contributed by atoms with Gasteiger partial charge in [0.25, 0.3) is 5.91 Å². The van der Waals surface area contributed by atoms with Gasteiger partial charge in [-0.3, -0.25) is 4.79 Å². The van der Waals surface area contributed by atoms with Crippen molar-refractivity contribution >= 4 is 32.7 Å². The van der Waals surface area contributed by atoms with Gasteiger partial charge in [0, 0.05) is 35.0 Å². The van der Waals surface area contributed by atoms with Gasteiger partial charge >= 0.3 is 0 Å². The Labute approximate surface area is 180 Å². The molecule has 29 heavy (non-hydrogen) atoms. The number of rotatable bonds is 3. The van der Waals surface area contributed by atoms with Crippen molar-refractivity contribution in [2.24, 2.45) is 7.05 Å². The summed E-state index contributed by atoms with van der Waals surface area (Å²) in [5, 5.41) is 4.40. The lowest BCUT2D eigenvalue weighted by molar-refractivity contribution is 0.0884. The fourth-order valence-electron chi connectivity index (χ4n) is 5.36. The van der Waals surface area contributed by atoms with E-state index in [0.717, 1.165) is 45.0 Å². The van der Waals surface area contributed by atoms with Gasteiger partial charge in [-0.15, -0.1) is 0 Å². The molecular formula is C24H26BrN3O. The van der Waals surface area contributed by atoms with E-state index in [1.807, 2.05) is 31.3 Å². The topological polar surface area (TPSA) is 37.3 Å². The number of carbonyl (C=O) groups excluding carboxylic acids is 1. The number of aryl methyl sites for hydroxylation is 1. The zero-order valence-corrected chi connectivity index (χ0v) is 18.4. The van der Waals surface area contributed by atoms with E-state index in [1.165, 1.54) is 12.8 Å². The first-order chi connectivity index (χ1) is 14.0. The van der Waals surface area contributed by atoms with Crippen LogP contribution in [0.3, 0.4) is 0 Å². The third-order valence-corrected chi connectivity index (χ3v) is 7.36. The minimum Gasteiger partial charge on any atom is -0.349 e. The van der Waals surface area contributed by atoms with Gasteiger partial charge in [0.15, 0.2) is 0 Å². The van der Waals surface area contributed by atoms with Gasteiger partial charge in [-0.05, 0) is 50.4 Å². The van der Waals surface area contributed by atoms with E-state index in [9.17, 15) is 4.79 Å². The second-order valence-electron chi connectivity index (χ2n) is 8.50. The van der Waals surface area contributed by atoms with Gasteiger partial charge in [0.2, 0.25) is 0 Å². The second-order valence-corrected chi connectivity index (χ2v) is 9.42. The Bertz CT molecular complexity index is 1060. The van der Waals surface area contributed by atoms with Gasteiger partial charge in [0.1, 0.15) is 0 Å². The molecule has 3 aromatic rings. The maximum atomic E-state index is 13.6. The number of fused-ring (bicyclic) bond motifs is 3. The lowest BCUT2D eigenvalue weighted by atomic mass is 9.97. The Balaban J connectivity index is 1.56. The Morgan fingerprint density at radius 3 is 2.41 bits per heavy atom. The first-order valence-electron chi connectivity index (χ1n) is 10.4. The zero-order chi connectivity index (χ0) is 20.1. The van der Waals surface area contributed by atoms with Crippen molar-refractivity contribution in [2.45, 2.75) is 43.8 Å². The number of hydrogen-bond donors (Lipinski definition) is 1. The smallest absolute Gasteiger partial charge is 0.254 e. The Morgan fingerprint density at radius 2 is 1.72 bits per heavy atom. The summed E-state index contributed by atoms with van der Waals surface area (Å²) in [5.41, 5.74) is 3.89. The van der Waals surface area contributed by atoms with Crippen LogP contribution in [0.2, 0.25) is 0 Å². The van der Waals surface area contributed by atoms with Crippen LogP contribution in [-0.2, 0) is 7.05 Å². The number of carbonyl (C=O) groups is 1. The van der Waals surface area contributed by atoms with Crippen LogP contribution in [0, 0.1) is 0 Å². The van der Waals surface area contributed by atoms with Crippen LogP contribution in [0.25, 0.3) is 22.2 Å². The molecule has 3 heterocycles. The molecule has 1 amide bonds. The number of halogens is 1. The zero-order valence-electron chi connectivity index (χ0n) is 16.9. The number of nitrogens with one attached hydrogen (secondary N) is 1. The van der Waals surface area contributed by atoms with E-state index in [-0.39, 0.29) is 11.9 Å². The van der Waals surface area contributed by atoms with Gasteiger partial charge in [0.05, 0.1) is 16.8 Å². The lowest BCUT2D eigenvalue weighted by Gasteiger charge is -2.36. The summed E-state index contributed by atoms with van der Waals surface area (Å²) in [6, 6.07) is 17.9. The van der Waals surface area contributed by atoms with Crippen molar-refractivity contribution in [2.75, 3.05) is 7.05 Å². The van der Waals surface area contributed by atoms with E-state index in [1.54, 1.807) is 0 Å². The van der Waals surface area contributed by atoms with Crippen LogP contribution in [-0.4, -0.2) is 40.5 Å². The summed E-state index contributed by atoms with van der Waals surface area (Å²) in [5.74, 6) is 0.0470. The maximum absolute atomic E-state index is 13.6. The Kier molecular flexibility index (Phi) is 4.75. The normalized spacial score (nSPS) is 24.2. The van der Waals surface area contributed by atoms with Crippen LogP contribution in [0.15, 0.2) is 53.0 Å². The highest BCUT2D eigenvalue weighted by molar-refractivity contribution is 9.10. The minimum absolute atomic E-state index is 0.0470. The first-order valence-corrected chi connectivity index (χ1v) is 11.2. The van der Waals surface area contributed by atoms with Crippen molar-refractivity contribution < 1.29 is 4.79 Å². The quantitative estimate of drug-likeness (QED) is 0.610. The van der Waals surface area contributed by atoms with Gasteiger partial charge in [-0.25, -0.2) is 0 Å². The summed E-state index contributed by atoms with van der Waals surface area (Å²) < 4.78 is 3.16. The van der Waals surface area contributed by atoms with E-state index in [0.29, 0.717) is 12.1 Å². The fraction of sp³-hybridized carbons (Fsp3) is 0.375. The average Bonchev–Trinajstić information content (AvgIpc) is 3.10. The minimum atomic E-state index is 0.0470. The molecule has 2 aliphatic rings. The standard InChI is InChI=1S/C24H26BrN3O/c1-27-18-9-10-19(27)14-17(13-18)26-24(29)22-20-11-8-16(25)12-21(20)28(2)23(22)15-6-4-3-5-7-15/h3-8,11-12,17-19H,9-10,13-14H2,1-2H3,(H,26,29)/t17?,18-,19+. The third-order valence-electron chi connectivity index (χ3n) is 6.87. The molecule has 4 nitrogen and oxygen atoms in total. The third kappa shape index (κ3) is 3.21. The van der Waals surface area contributed by atoms with Gasteiger partial charge in [-0.2, -0.15) is 0 Å². The summed E-state index contributed by atoms with van der Waals surface area (Å²) >= 11 is 3.58. The molecule has 3 atom stereocenters. The van der Waals surface area contributed by atoms with Crippen LogP contribution < -0.4 is 5.32 Å². The van der Waals surface area contributed by atoms with Crippen LogP contribution >= 0.6 is 15.9 Å². The summed E-state index contributed by atoms with van der Waals surface area (Å²) in [6.07, 6.45) is 4.61. The number of amides is 1. The molecule has 150 valence electrons. The van der Waals surface area contributed by atoms with Crippen molar-refractivity contribution in [1.29, 1.82) is 0 Å². The predicted molar refractivity (Wildman–Crippen MR) is 121 cm³/mol. The molecule has 5 rings (SSSR count). The van der Waals surface area contributed by atoms with Crippen LogP contribution in [0.1, 0.15) is 36.0 Å². The lowest BCUT2D eigenvalue weighted by Crippen LogP contribution is -2.48.